The van der Waals surface area contributed by atoms with E-state index in [1.165, 1.54) is 32.1 Å². The Kier molecular flexibility index (Phi) is 12.1. The molecule has 4 saturated carbocycles. The zero-order valence-electron chi connectivity index (χ0n) is 30.5. The summed E-state index contributed by atoms with van der Waals surface area (Å²) < 4.78 is 180. The Labute approximate surface area is 297 Å². The molecule has 4 fully saturated rings. The van der Waals surface area contributed by atoms with Crippen molar-refractivity contribution in [2.24, 2.45) is 52.3 Å². The van der Waals surface area contributed by atoms with Crippen molar-refractivity contribution in [2.45, 2.75) is 173 Å². The Balaban J connectivity index is 1.31. The summed E-state index contributed by atoms with van der Waals surface area (Å²) in [6.07, 6.45) is -0.654. The molecule has 9 unspecified atom stereocenters. The monoisotopic (exact) mass is 776 g/mol. The van der Waals surface area contributed by atoms with E-state index >= 15 is 0 Å². The highest BCUT2D eigenvalue weighted by Crippen LogP contribution is 2.69. The highest BCUT2D eigenvalue weighted by molar-refractivity contribution is 5.69. The summed E-state index contributed by atoms with van der Waals surface area (Å²) in [5.41, 5.74) is 0.304. The van der Waals surface area contributed by atoms with Gasteiger partial charge in [0.05, 0.1) is 0 Å². The van der Waals surface area contributed by atoms with Crippen molar-refractivity contribution < 1.29 is 66.6 Å². The number of hydrogen-bond donors (Lipinski definition) is 0. The molecule has 4 aliphatic rings. The van der Waals surface area contributed by atoms with Crippen molar-refractivity contribution in [3.8, 4) is 0 Å². The van der Waals surface area contributed by atoms with Crippen LogP contribution >= 0.6 is 0 Å². The summed E-state index contributed by atoms with van der Waals surface area (Å²) >= 11 is 0. The fourth-order valence-corrected chi connectivity index (χ4v) is 11.0. The Hall–Kier alpha value is -1.44. The van der Waals surface area contributed by atoms with E-state index in [9.17, 15) is 61.9 Å². The maximum absolute atomic E-state index is 14.2. The van der Waals surface area contributed by atoms with E-state index in [-0.39, 0.29) is 11.3 Å². The smallest absolute Gasteiger partial charge is 0.460 e. The second-order valence-corrected chi connectivity index (χ2v) is 17.4. The maximum Gasteiger partial charge on any atom is 0.460 e. The fourth-order valence-electron chi connectivity index (χ4n) is 11.0. The molecule has 4 aliphatic carbocycles. The molecule has 0 aromatic heterocycles. The SMILES string of the molecule is CC(C)CCCC(C)C1CCC2C3CCC4CC(OC(=O)CCCC(F)(F)C(F)(F)C(F)(F)C(F)(F)C(F)(F)C(F)(F)F)CCC4(C)C3CCC12C. The first-order chi connectivity index (χ1) is 23.6. The number of carbonyl (C=O) groups is 1. The van der Waals surface area contributed by atoms with Gasteiger partial charge in [0.25, 0.3) is 0 Å². The van der Waals surface area contributed by atoms with E-state index in [1.54, 1.807) is 0 Å². The molecule has 2 nitrogen and oxygen atoms in total. The van der Waals surface area contributed by atoms with E-state index < -0.39 is 67.1 Å². The molecule has 0 radical (unpaired) electrons. The molecular formula is C37H53F13O2. The largest absolute Gasteiger partial charge is 0.462 e. The van der Waals surface area contributed by atoms with E-state index in [0.717, 1.165) is 32.1 Å². The van der Waals surface area contributed by atoms with Crippen molar-refractivity contribution in [3.05, 3.63) is 0 Å². The number of esters is 1. The maximum atomic E-state index is 14.2. The minimum Gasteiger partial charge on any atom is -0.462 e. The van der Waals surface area contributed by atoms with Crippen molar-refractivity contribution >= 4 is 5.97 Å². The quantitative estimate of drug-likeness (QED) is 0.130. The van der Waals surface area contributed by atoms with E-state index in [0.29, 0.717) is 53.8 Å². The summed E-state index contributed by atoms with van der Waals surface area (Å²) in [5, 5.41) is 0. The molecule has 0 heterocycles. The first-order valence-electron chi connectivity index (χ1n) is 18.7. The zero-order valence-corrected chi connectivity index (χ0v) is 30.5. The van der Waals surface area contributed by atoms with Gasteiger partial charge in [0.15, 0.2) is 0 Å². The van der Waals surface area contributed by atoms with Crippen LogP contribution in [-0.4, -0.2) is 47.9 Å². The van der Waals surface area contributed by atoms with Gasteiger partial charge in [0.1, 0.15) is 6.10 Å². The van der Waals surface area contributed by atoms with Crippen LogP contribution in [0.15, 0.2) is 0 Å². The average Bonchev–Trinajstić information content (AvgIpc) is 3.37. The lowest BCUT2D eigenvalue weighted by Gasteiger charge is -2.61. The average molecular weight is 777 g/mol. The van der Waals surface area contributed by atoms with Crippen LogP contribution in [-0.2, 0) is 9.53 Å². The predicted octanol–water partition coefficient (Wildman–Crippen LogP) is 12.9. The Bertz CT molecular complexity index is 1250. The minimum absolute atomic E-state index is 0.00201. The van der Waals surface area contributed by atoms with Crippen molar-refractivity contribution in [1.82, 2.24) is 0 Å². The van der Waals surface area contributed by atoms with Crippen molar-refractivity contribution in [1.29, 1.82) is 0 Å². The minimum atomic E-state index is -7.93. The summed E-state index contributed by atoms with van der Waals surface area (Å²) in [7, 11) is 0. The number of carbonyl (C=O) groups excluding carboxylic acids is 1. The van der Waals surface area contributed by atoms with Crippen LogP contribution in [0.4, 0.5) is 57.1 Å². The van der Waals surface area contributed by atoms with Gasteiger partial charge in [-0.05, 0) is 116 Å². The Morgan fingerprint density at radius 3 is 1.85 bits per heavy atom. The van der Waals surface area contributed by atoms with Gasteiger partial charge in [-0.25, -0.2) is 0 Å². The molecule has 9 atom stereocenters. The van der Waals surface area contributed by atoms with Gasteiger partial charge >= 0.3 is 41.8 Å². The Morgan fingerprint density at radius 2 is 1.25 bits per heavy atom. The van der Waals surface area contributed by atoms with Gasteiger partial charge in [-0.1, -0.05) is 53.9 Å². The number of ether oxygens (including phenoxy) is 1. The van der Waals surface area contributed by atoms with Crippen LogP contribution in [0, 0.1) is 52.3 Å². The second kappa shape index (κ2) is 14.6. The number of hydrogen-bond acceptors (Lipinski definition) is 2. The second-order valence-electron chi connectivity index (χ2n) is 17.4. The predicted molar refractivity (Wildman–Crippen MR) is 168 cm³/mol. The lowest BCUT2D eigenvalue weighted by atomic mass is 9.44. The molecule has 15 heteroatoms. The normalized spacial score (nSPS) is 34.1. The third-order valence-electron chi connectivity index (χ3n) is 14.0. The number of halogens is 13. The summed E-state index contributed by atoms with van der Waals surface area (Å²) in [5.74, 6) is -34.1. The van der Waals surface area contributed by atoms with Crippen molar-refractivity contribution in [3.63, 3.8) is 0 Å². The van der Waals surface area contributed by atoms with Crippen LogP contribution in [0.25, 0.3) is 0 Å². The highest BCUT2D eigenvalue weighted by atomic mass is 19.4. The van der Waals surface area contributed by atoms with Crippen LogP contribution in [0.3, 0.4) is 0 Å². The standard InChI is InChI=1S/C37H53F13O2/c1-21(2)8-6-9-22(3)26-13-14-27-25-12-11-23-20-24(15-18-30(23,4)28(25)16-19-31(26,27)5)52-29(51)10-7-17-32(38,39)33(40,41)34(42,43)35(44,45)36(46,47)37(48,49)50/h21-28H,6-20H2,1-5H3. The van der Waals surface area contributed by atoms with Crippen LogP contribution in [0.1, 0.15) is 131 Å². The van der Waals surface area contributed by atoms with Crippen LogP contribution in [0.5, 0.6) is 0 Å². The number of fused-ring (bicyclic) bond motifs is 5. The van der Waals surface area contributed by atoms with Gasteiger partial charge in [-0.3, -0.25) is 4.79 Å². The molecule has 0 bridgehead atoms. The zero-order chi connectivity index (χ0) is 39.5. The van der Waals surface area contributed by atoms with E-state index in [2.05, 4.69) is 34.6 Å². The van der Waals surface area contributed by atoms with Gasteiger partial charge in [-0.2, -0.15) is 57.1 Å². The van der Waals surface area contributed by atoms with Gasteiger partial charge in [0.2, 0.25) is 0 Å². The number of rotatable bonds is 14. The topological polar surface area (TPSA) is 26.3 Å². The molecule has 0 aromatic carbocycles. The molecule has 0 amide bonds. The summed E-state index contributed by atoms with van der Waals surface area (Å²) in [4.78, 5) is 12.5. The van der Waals surface area contributed by atoms with Gasteiger partial charge < -0.3 is 4.74 Å². The number of alkyl halides is 13. The first-order valence-corrected chi connectivity index (χ1v) is 18.7. The third kappa shape index (κ3) is 7.31. The van der Waals surface area contributed by atoms with Crippen LogP contribution in [0.2, 0.25) is 0 Å². The molecule has 0 saturated heterocycles. The Morgan fingerprint density at radius 1 is 0.673 bits per heavy atom. The molecule has 4 rings (SSSR count). The summed E-state index contributed by atoms with van der Waals surface area (Å²) in [6.45, 7) is 11.7. The molecule has 0 aliphatic heterocycles. The van der Waals surface area contributed by atoms with Gasteiger partial charge in [0, 0.05) is 12.8 Å². The summed E-state index contributed by atoms with van der Waals surface area (Å²) in [6, 6.07) is 0. The lowest BCUT2D eigenvalue weighted by molar-refractivity contribution is -0.440. The molecule has 52 heavy (non-hydrogen) atoms. The van der Waals surface area contributed by atoms with E-state index in [4.69, 9.17) is 4.74 Å². The first kappa shape index (κ1) is 43.3. The molecule has 304 valence electrons. The van der Waals surface area contributed by atoms with Crippen molar-refractivity contribution in [2.75, 3.05) is 0 Å². The molecular weight excluding hydrogens is 723 g/mol. The lowest BCUT2D eigenvalue weighted by Crippen LogP contribution is -2.70. The molecule has 0 spiro atoms. The fraction of sp³-hybridized carbons (Fsp3) is 0.973. The van der Waals surface area contributed by atoms with Crippen LogP contribution < -0.4 is 0 Å². The highest BCUT2D eigenvalue weighted by Gasteiger charge is 2.90. The van der Waals surface area contributed by atoms with Gasteiger partial charge in [-0.15, -0.1) is 0 Å². The molecule has 0 aromatic rings. The third-order valence-corrected chi connectivity index (χ3v) is 14.0. The molecule has 0 N–H and O–H groups in total. The van der Waals surface area contributed by atoms with E-state index in [1.807, 2.05) is 0 Å².